The Hall–Kier alpha value is -0.790. The van der Waals surface area contributed by atoms with Crippen LogP contribution >= 0.6 is 0 Å². The van der Waals surface area contributed by atoms with Crippen LogP contribution in [0.15, 0.2) is 17.4 Å². The molecular formula is C8H14N2. The first kappa shape index (κ1) is 7.32. The summed E-state index contributed by atoms with van der Waals surface area (Å²) in [6, 6.07) is 0. The van der Waals surface area contributed by atoms with E-state index in [1.165, 1.54) is 0 Å². The number of aliphatic imine (C=N–C) groups is 1. The maximum atomic E-state index is 4.23. The monoisotopic (exact) mass is 138 g/mol. The van der Waals surface area contributed by atoms with E-state index in [-0.39, 0.29) is 5.54 Å². The van der Waals surface area contributed by atoms with Gasteiger partial charge in [0, 0.05) is 25.2 Å². The summed E-state index contributed by atoms with van der Waals surface area (Å²) in [5.74, 6) is 0. The second-order valence-electron chi connectivity index (χ2n) is 3.18. The molecule has 0 saturated heterocycles. The molecule has 0 bridgehead atoms. The van der Waals surface area contributed by atoms with E-state index in [9.17, 15) is 0 Å². The van der Waals surface area contributed by atoms with Gasteiger partial charge in [-0.3, -0.25) is 4.99 Å². The standard InChI is InChI=1S/C8H14N2/c1-7-8(2,3)10(4)6-5-9-7/h5-6H,1-4H3. The van der Waals surface area contributed by atoms with E-state index < -0.39 is 0 Å². The van der Waals surface area contributed by atoms with Crippen LogP contribution in [0.2, 0.25) is 0 Å². The van der Waals surface area contributed by atoms with Gasteiger partial charge in [0.25, 0.3) is 0 Å². The van der Waals surface area contributed by atoms with Crippen LogP contribution in [-0.4, -0.2) is 23.2 Å². The van der Waals surface area contributed by atoms with Crippen molar-refractivity contribution in [1.29, 1.82) is 0 Å². The first-order valence-electron chi connectivity index (χ1n) is 3.49. The Labute approximate surface area is 62.3 Å². The summed E-state index contributed by atoms with van der Waals surface area (Å²) in [7, 11) is 2.06. The Balaban J connectivity index is 2.93. The van der Waals surface area contributed by atoms with Crippen LogP contribution in [0.1, 0.15) is 20.8 Å². The minimum Gasteiger partial charge on any atom is -0.369 e. The van der Waals surface area contributed by atoms with Crippen molar-refractivity contribution in [1.82, 2.24) is 4.90 Å². The molecule has 1 aliphatic heterocycles. The normalized spacial score (nSPS) is 22.8. The average molecular weight is 138 g/mol. The zero-order chi connectivity index (χ0) is 7.78. The number of hydrogen-bond donors (Lipinski definition) is 0. The van der Waals surface area contributed by atoms with Crippen molar-refractivity contribution < 1.29 is 0 Å². The Morgan fingerprint density at radius 1 is 1.50 bits per heavy atom. The summed E-state index contributed by atoms with van der Waals surface area (Å²) in [5, 5.41) is 0. The molecule has 0 aromatic carbocycles. The molecular weight excluding hydrogens is 124 g/mol. The van der Waals surface area contributed by atoms with Crippen molar-refractivity contribution >= 4 is 5.71 Å². The molecule has 2 heteroatoms. The number of rotatable bonds is 0. The zero-order valence-electron chi connectivity index (χ0n) is 7.05. The van der Waals surface area contributed by atoms with E-state index in [4.69, 9.17) is 0 Å². The fourth-order valence-electron chi connectivity index (χ4n) is 0.845. The van der Waals surface area contributed by atoms with Crippen LogP contribution in [0.5, 0.6) is 0 Å². The topological polar surface area (TPSA) is 15.6 Å². The minimum atomic E-state index is 0.0920. The van der Waals surface area contributed by atoms with Gasteiger partial charge in [-0.05, 0) is 20.8 Å². The predicted octanol–water partition coefficient (Wildman–Crippen LogP) is 1.64. The number of hydrogen-bond acceptors (Lipinski definition) is 2. The first-order valence-corrected chi connectivity index (χ1v) is 3.49. The molecule has 0 unspecified atom stereocenters. The molecule has 10 heavy (non-hydrogen) atoms. The lowest BCUT2D eigenvalue weighted by atomic mass is 9.97. The molecule has 0 spiro atoms. The second-order valence-corrected chi connectivity index (χ2v) is 3.18. The number of nitrogens with zero attached hydrogens (tertiary/aromatic N) is 2. The van der Waals surface area contributed by atoms with Crippen molar-refractivity contribution in [3.63, 3.8) is 0 Å². The average Bonchev–Trinajstić information content (AvgIpc) is 1.84. The molecule has 2 nitrogen and oxygen atoms in total. The van der Waals surface area contributed by atoms with E-state index in [0.29, 0.717) is 0 Å². The molecule has 0 radical (unpaired) electrons. The van der Waals surface area contributed by atoms with E-state index in [0.717, 1.165) is 5.71 Å². The Kier molecular flexibility index (Phi) is 1.55. The van der Waals surface area contributed by atoms with Crippen LogP contribution in [0.4, 0.5) is 0 Å². The lowest BCUT2D eigenvalue weighted by molar-refractivity contribution is 0.303. The maximum Gasteiger partial charge on any atom is 0.0717 e. The fourth-order valence-corrected chi connectivity index (χ4v) is 0.845. The van der Waals surface area contributed by atoms with Crippen LogP contribution < -0.4 is 0 Å². The van der Waals surface area contributed by atoms with Crippen LogP contribution in [0.25, 0.3) is 0 Å². The van der Waals surface area contributed by atoms with Gasteiger partial charge in [0.15, 0.2) is 0 Å². The molecule has 0 aliphatic carbocycles. The van der Waals surface area contributed by atoms with Gasteiger partial charge in [-0.2, -0.15) is 0 Å². The van der Waals surface area contributed by atoms with Gasteiger partial charge < -0.3 is 4.90 Å². The van der Waals surface area contributed by atoms with Gasteiger partial charge in [-0.25, -0.2) is 0 Å². The first-order chi connectivity index (χ1) is 4.55. The quantitative estimate of drug-likeness (QED) is 0.497. The van der Waals surface area contributed by atoms with Crippen LogP contribution in [0.3, 0.4) is 0 Å². The molecule has 56 valence electrons. The largest absolute Gasteiger partial charge is 0.369 e. The molecule has 0 N–H and O–H groups in total. The van der Waals surface area contributed by atoms with Crippen molar-refractivity contribution in [2.24, 2.45) is 4.99 Å². The van der Waals surface area contributed by atoms with Crippen molar-refractivity contribution in [3.05, 3.63) is 12.4 Å². The van der Waals surface area contributed by atoms with Crippen molar-refractivity contribution in [3.8, 4) is 0 Å². The van der Waals surface area contributed by atoms with Crippen molar-refractivity contribution in [2.45, 2.75) is 26.3 Å². The molecule has 1 heterocycles. The van der Waals surface area contributed by atoms with E-state index in [1.54, 1.807) is 0 Å². The van der Waals surface area contributed by atoms with Gasteiger partial charge in [0.2, 0.25) is 0 Å². The predicted molar refractivity (Wildman–Crippen MR) is 44.1 cm³/mol. The second kappa shape index (κ2) is 2.11. The third kappa shape index (κ3) is 0.939. The van der Waals surface area contributed by atoms with E-state index >= 15 is 0 Å². The molecule has 0 atom stereocenters. The third-order valence-corrected chi connectivity index (χ3v) is 2.33. The highest BCUT2D eigenvalue weighted by Gasteiger charge is 2.26. The molecule has 0 amide bonds. The summed E-state index contributed by atoms with van der Waals surface area (Å²) >= 11 is 0. The Morgan fingerprint density at radius 2 is 2.10 bits per heavy atom. The van der Waals surface area contributed by atoms with Gasteiger partial charge in [0.1, 0.15) is 0 Å². The summed E-state index contributed by atoms with van der Waals surface area (Å²) in [5.41, 5.74) is 1.26. The Morgan fingerprint density at radius 3 is 2.50 bits per heavy atom. The molecule has 0 fully saturated rings. The minimum absolute atomic E-state index is 0.0920. The lowest BCUT2D eigenvalue weighted by Gasteiger charge is -2.36. The summed E-state index contributed by atoms with van der Waals surface area (Å²) in [6.45, 7) is 6.38. The molecule has 0 aromatic heterocycles. The third-order valence-electron chi connectivity index (χ3n) is 2.33. The Bertz CT molecular complexity index is 189. The van der Waals surface area contributed by atoms with E-state index in [2.05, 4.69) is 37.7 Å². The summed E-state index contributed by atoms with van der Waals surface area (Å²) in [4.78, 5) is 6.39. The van der Waals surface area contributed by atoms with Crippen LogP contribution in [0, 0.1) is 0 Å². The maximum absolute atomic E-state index is 4.23. The zero-order valence-corrected chi connectivity index (χ0v) is 7.05. The summed E-state index contributed by atoms with van der Waals surface area (Å²) in [6.07, 6.45) is 3.83. The molecule has 0 saturated carbocycles. The molecule has 1 aliphatic rings. The van der Waals surface area contributed by atoms with Crippen LogP contribution in [-0.2, 0) is 0 Å². The summed E-state index contributed by atoms with van der Waals surface area (Å²) < 4.78 is 0. The van der Waals surface area contributed by atoms with Gasteiger partial charge in [0.05, 0.1) is 5.54 Å². The van der Waals surface area contributed by atoms with Gasteiger partial charge >= 0.3 is 0 Å². The highest BCUT2D eigenvalue weighted by atomic mass is 15.2. The van der Waals surface area contributed by atoms with Crippen molar-refractivity contribution in [2.75, 3.05) is 7.05 Å². The highest BCUT2D eigenvalue weighted by Crippen LogP contribution is 2.18. The van der Waals surface area contributed by atoms with Gasteiger partial charge in [-0.1, -0.05) is 0 Å². The lowest BCUT2D eigenvalue weighted by Crippen LogP contribution is -2.45. The fraction of sp³-hybridized carbons (Fsp3) is 0.625. The van der Waals surface area contributed by atoms with E-state index in [1.807, 2.05) is 12.4 Å². The highest BCUT2D eigenvalue weighted by molar-refractivity contribution is 5.91. The SMILES string of the molecule is CC1=NC=CN(C)C1(C)C. The molecule has 0 aromatic rings. The smallest absolute Gasteiger partial charge is 0.0717 e. The molecule has 1 rings (SSSR count). The van der Waals surface area contributed by atoms with Gasteiger partial charge in [-0.15, -0.1) is 0 Å².